The lowest BCUT2D eigenvalue weighted by molar-refractivity contribution is 0.0920. The number of carbonyl (C=O) groups excluding carboxylic acids is 1. The summed E-state index contributed by atoms with van der Waals surface area (Å²) in [6.45, 7) is 1.94. The van der Waals surface area contributed by atoms with E-state index in [1.54, 1.807) is 23.1 Å². The van der Waals surface area contributed by atoms with E-state index in [9.17, 15) is 4.79 Å². The minimum atomic E-state index is 0.112. The van der Waals surface area contributed by atoms with E-state index in [0.29, 0.717) is 12.2 Å². The van der Waals surface area contributed by atoms with E-state index >= 15 is 0 Å². The molecule has 0 aliphatic carbocycles. The number of rotatable bonds is 4. The van der Waals surface area contributed by atoms with Gasteiger partial charge in [0.25, 0.3) is 0 Å². The number of fused-ring (bicyclic) bond motifs is 3. The third kappa shape index (κ3) is 2.72. The molecule has 0 atom stereocenters. The van der Waals surface area contributed by atoms with Gasteiger partial charge in [-0.15, -0.1) is 10.2 Å². The molecular formula is C18H15N3OS2. The Labute approximate surface area is 147 Å². The smallest absolute Gasteiger partial charge is 0.232 e. The monoisotopic (exact) mass is 353 g/mol. The molecule has 4 nitrogen and oxygen atoms in total. The lowest BCUT2D eigenvalue weighted by Gasteiger charge is -2.05. The largest absolute Gasteiger partial charge is 0.280 e. The van der Waals surface area contributed by atoms with Crippen molar-refractivity contribution in [3.63, 3.8) is 0 Å². The van der Waals surface area contributed by atoms with Crippen molar-refractivity contribution in [1.82, 2.24) is 14.8 Å². The zero-order chi connectivity index (χ0) is 16.5. The molecule has 0 saturated heterocycles. The van der Waals surface area contributed by atoms with Crippen LogP contribution in [-0.4, -0.2) is 26.4 Å². The fourth-order valence-corrected chi connectivity index (χ4v) is 4.68. The van der Waals surface area contributed by atoms with Crippen LogP contribution in [0.3, 0.4) is 0 Å². The molecule has 2 aromatic heterocycles. The van der Waals surface area contributed by atoms with E-state index in [1.807, 2.05) is 47.9 Å². The maximum atomic E-state index is 12.8. The number of hydrogen-bond donors (Lipinski definition) is 0. The number of thioether (sulfide) groups is 1. The molecule has 0 aliphatic rings. The van der Waals surface area contributed by atoms with Crippen LogP contribution >= 0.6 is 23.1 Å². The Bertz CT molecular complexity index is 982. The Morgan fingerprint density at radius 2 is 1.67 bits per heavy atom. The summed E-state index contributed by atoms with van der Waals surface area (Å²) in [5.41, 5.74) is 1.95. The van der Waals surface area contributed by atoms with Crippen LogP contribution in [0.25, 0.3) is 21.8 Å². The molecule has 0 spiro atoms. The molecule has 0 aliphatic heterocycles. The molecule has 6 heteroatoms. The maximum absolute atomic E-state index is 12.8. The van der Waals surface area contributed by atoms with Gasteiger partial charge in [-0.1, -0.05) is 59.5 Å². The number of hydrogen-bond acceptors (Lipinski definition) is 5. The number of aromatic nitrogens is 3. The average molecular weight is 353 g/mol. The van der Waals surface area contributed by atoms with Crippen molar-refractivity contribution >= 4 is 50.8 Å². The first-order chi connectivity index (χ1) is 11.7. The van der Waals surface area contributed by atoms with Crippen molar-refractivity contribution in [1.29, 1.82) is 0 Å². The maximum Gasteiger partial charge on any atom is 0.232 e. The van der Waals surface area contributed by atoms with E-state index in [4.69, 9.17) is 0 Å². The molecule has 0 amide bonds. The van der Waals surface area contributed by atoms with Crippen LogP contribution in [0, 0.1) is 6.92 Å². The second-order valence-electron chi connectivity index (χ2n) is 5.45. The molecule has 2 aromatic carbocycles. The predicted molar refractivity (Wildman–Crippen MR) is 100 cm³/mol. The van der Waals surface area contributed by atoms with Crippen LogP contribution in [0.2, 0.25) is 0 Å². The van der Waals surface area contributed by atoms with Crippen LogP contribution in [0.1, 0.15) is 16.2 Å². The highest BCUT2D eigenvalue weighted by atomic mass is 32.2. The molecular weight excluding hydrogens is 338 g/mol. The Morgan fingerprint density at radius 3 is 2.25 bits per heavy atom. The molecule has 0 radical (unpaired) electrons. The molecule has 4 aromatic rings. The Morgan fingerprint density at radius 1 is 1.04 bits per heavy atom. The SMILES string of the molecule is Cc1nnc(SCCC(=O)n2c3ccccc3c3ccccc32)s1. The minimum Gasteiger partial charge on any atom is -0.280 e. The van der Waals surface area contributed by atoms with Gasteiger partial charge in [0, 0.05) is 22.9 Å². The zero-order valence-corrected chi connectivity index (χ0v) is 14.7. The van der Waals surface area contributed by atoms with Crippen LogP contribution in [0.4, 0.5) is 0 Å². The Hall–Kier alpha value is -2.18. The molecule has 24 heavy (non-hydrogen) atoms. The summed E-state index contributed by atoms with van der Waals surface area (Å²) >= 11 is 3.15. The molecule has 120 valence electrons. The van der Waals surface area contributed by atoms with E-state index in [2.05, 4.69) is 22.3 Å². The van der Waals surface area contributed by atoms with Gasteiger partial charge < -0.3 is 0 Å². The predicted octanol–water partition coefficient (Wildman–Crippen LogP) is 4.78. The average Bonchev–Trinajstić information content (AvgIpc) is 3.16. The van der Waals surface area contributed by atoms with E-state index < -0.39 is 0 Å². The number of para-hydroxylation sites is 2. The molecule has 0 bridgehead atoms. The quantitative estimate of drug-likeness (QED) is 0.496. The van der Waals surface area contributed by atoms with Crippen LogP contribution < -0.4 is 0 Å². The summed E-state index contributed by atoms with van der Waals surface area (Å²) in [6, 6.07) is 16.1. The van der Waals surface area contributed by atoms with E-state index in [1.165, 1.54) is 0 Å². The molecule has 0 saturated carbocycles. The fraction of sp³-hybridized carbons (Fsp3) is 0.167. The first-order valence-electron chi connectivity index (χ1n) is 7.68. The van der Waals surface area contributed by atoms with Gasteiger partial charge >= 0.3 is 0 Å². The topological polar surface area (TPSA) is 47.8 Å². The lowest BCUT2D eigenvalue weighted by atomic mass is 10.2. The van der Waals surface area contributed by atoms with E-state index in [0.717, 1.165) is 31.2 Å². The van der Waals surface area contributed by atoms with E-state index in [-0.39, 0.29) is 5.91 Å². The van der Waals surface area contributed by atoms with Gasteiger partial charge in [0.05, 0.1) is 11.0 Å². The van der Waals surface area contributed by atoms with Crippen molar-refractivity contribution in [2.75, 3.05) is 5.75 Å². The zero-order valence-electron chi connectivity index (χ0n) is 13.1. The third-order valence-electron chi connectivity index (χ3n) is 3.88. The number of carbonyl (C=O) groups is 1. The summed E-state index contributed by atoms with van der Waals surface area (Å²) in [5, 5.41) is 11.3. The van der Waals surface area contributed by atoms with Gasteiger partial charge in [-0.2, -0.15) is 0 Å². The summed E-state index contributed by atoms with van der Waals surface area (Å²) < 4.78 is 2.76. The van der Waals surface area contributed by atoms with Crippen molar-refractivity contribution in [2.24, 2.45) is 0 Å². The van der Waals surface area contributed by atoms with Gasteiger partial charge in [0.15, 0.2) is 4.34 Å². The van der Waals surface area contributed by atoms with Crippen molar-refractivity contribution in [3.05, 3.63) is 53.5 Å². The van der Waals surface area contributed by atoms with Gasteiger partial charge in [-0.3, -0.25) is 9.36 Å². The number of aryl methyl sites for hydroxylation is 1. The highest BCUT2D eigenvalue weighted by Gasteiger charge is 2.15. The lowest BCUT2D eigenvalue weighted by Crippen LogP contribution is -2.10. The molecule has 0 N–H and O–H groups in total. The number of nitrogens with zero attached hydrogens (tertiary/aromatic N) is 3. The summed E-state index contributed by atoms with van der Waals surface area (Å²) in [6.07, 6.45) is 0.464. The van der Waals surface area contributed by atoms with Crippen LogP contribution in [-0.2, 0) is 0 Å². The molecule has 4 rings (SSSR count). The summed E-state index contributed by atoms with van der Waals surface area (Å²) in [4.78, 5) is 12.8. The Balaban J connectivity index is 1.63. The highest BCUT2D eigenvalue weighted by molar-refractivity contribution is 8.01. The summed E-state index contributed by atoms with van der Waals surface area (Å²) in [5.74, 6) is 0.815. The normalized spacial score (nSPS) is 11.4. The second kappa shape index (κ2) is 6.37. The minimum absolute atomic E-state index is 0.112. The molecule has 0 unspecified atom stereocenters. The van der Waals surface area contributed by atoms with Gasteiger partial charge in [0.1, 0.15) is 5.01 Å². The highest BCUT2D eigenvalue weighted by Crippen LogP contribution is 2.29. The second-order valence-corrected chi connectivity index (χ2v) is 7.97. The standard InChI is InChI=1S/C18H15N3OS2/c1-12-19-20-18(24-12)23-11-10-17(22)21-15-8-4-2-6-13(15)14-7-3-5-9-16(14)21/h2-9H,10-11H2,1H3. The molecule has 0 fully saturated rings. The summed E-state index contributed by atoms with van der Waals surface area (Å²) in [7, 11) is 0. The van der Waals surface area contributed by atoms with Crippen molar-refractivity contribution in [2.45, 2.75) is 17.7 Å². The number of benzene rings is 2. The van der Waals surface area contributed by atoms with Crippen molar-refractivity contribution < 1.29 is 4.79 Å². The van der Waals surface area contributed by atoms with Crippen molar-refractivity contribution in [3.8, 4) is 0 Å². The van der Waals surface area contributed by atoms with Crippen LogP contribution in [0.5, 0.6) is 0 Å². The third-order valence-corrected chi connectivity index (χ3v) is 5.85. The first-order valence-corrected chi connectivity index (χ1v) is 9.48. The fourth-order valence-electron chi connectivity index (χ4n) is 2.87. The first kappa shape index (κ1) is 15.4. The Kier molecular flexibility index (Phi) is 4.08. The van der Waals surface area contributed by atoms with Gasteiger partial charge in [-0.05, 0) is 19.1 Å². The van der Waals surface area contributed by atoms with Gasteiger partial charge in [0.2, 0.25) is 5.91 Å². The van der Waals surface area contributed by atoms with Gasteiger partial charge in [-0.25, -0.2) is 0 Å². The molecule has 2 heterocycles. The van der Waals surface area contributed by atoms with Crippen LogP contribution in [0.15, 0.2) is 52.9 Å².